The third kappa shape index (κ3) is 3.02. The number of aromatic nitrogens is 1. The van der Waals surface area contributed by atoms with Gasteiger partial charge in [0, 0.05) is 15.9 Å². The van der Waals surface area contributed by atoms with Crippen molar-refractivity contribution in [3.05, 3.63) is 44.6 Å². The van der Waals surface area contributed by atoms with E-state index >= 15 is 0 Å². The summed E-state index contributed by atoms with van der Waals surface area (Å²) in [5.41, 5.74) is 0.864. The molecule has 0 spiro atoms. The van der Waals surface area contributed by atoms with Crippen molar-refractivity contribution in [2.45, 2.75) is 13.5 Å². The molecule has 0 N–H and O–H groups in total. The Hall–Kier alpha value is -0.940. The molecule has 0 radical (unpaired) electrons. The van der Waals surface area contributed by atoms with Crippen molar-refractivity contribution in [1.82, 2.24) is 4.98 Å². The lowest BCUT2D eigenvalue weighted by Gasteiger charge is -2.04. The smallest absolute Gasteiger partial charge is 0.131 e. The van der Waals surface area contributed by atoms with E-state index in [0.29, 0.717) is 16.8 Å². The summed E-state index contributed by atoms with van der Waals surface area (Å²) in [7, 11) is 0. The van der Waals surface area contributed by atoms with Gasteiger partial charge in [-0.25, -0.2) is 9.37 Å². The van der Waals surface area contributed by atoms with Crippen LogP contribution >= 0.6 is 27.3 Å². The molecule has 0 bridgehead atoms. The number of rotatable bonds is 3. The summed E-state index contributed by atoms with van der Waals surface area (Å²) in [6.07, 6.45) is 0. The van der Waals surface area contributed by atoms with E-state index in [1.807, 2.05) is 12.3 Å². The van der Waals surface area contributed by atoms with Gasteiger partial charge >= 0.3 is 0 Å². The van der Waals surface area contributed by atoms with Crippen LogP contribution in [-0.4, -0.2) is 4.98 Å². The molecule has 2 aromatic rings. The molecular formula is C11H9BrFNOS. The molecule has 16 heavy (non-hydrogen) atoms. The minimum absolute atomic E-state index is 0.321. The molecule has 0 fully saturated rings. The summed E-state index contributed by atoms with van der Waals surface area (Å²) in [5.74, 6) is 0.177. The highest BCUT2D eigenvalue weighted by molar-refractivity contribution is 9.10. The van der Waals surface area contributed by atoms with E-state index in [1.54, 1.807) is 17.4 Å². The second-order valence-corrected chi connectivity index (χ2v) is 5.23. The molecule has 0 amide bonds. The zero-order valence-corrected chi connectivity index (χ0v) is 10.9. The van der Waals surface area contributed by atoms with Gasteiger partial charge in [-0.1, -0.05) is 15.9 Å². The van der Waals surface area contributed by atoms with Gasteiger partial charge in [-0.2, -0.15) is 0 Å². The third-order valence-corrected chi connectivity index (χ3v) is 3.17. The first-order valence-corrected chi connectivity index (χ1v) is 6.30. The van der Waals surface area contributed by atoms with E-state index in [0.717, 1.165) is 10.7 Å². The highest BCUT2D eigenvalue weighted by atomic mass is 79.9. The molecule has 0 aliphatic heterocycles. The van der Waals surface area contributed by atoms with Crippen LogP contribution in [0, 0.1) is 12.7 Å². The SMILES string of the molecule is Cc1nc(COc2cc(F)cc(Br)c2)cs1. The van der Waals surface area contributed by atoms with E-state index < -0.39 is 0 Å². The van der Waals surface area contributed by atoms with Crippen molar-refractivity contribution >= 4 is 27.3 Å². The van der Waals surface area contributed by atoms with Gasteiger partial charge in [0.2, 0.25) is 0 Å². The van der Waals surface area contributed by atoms with Gasteiger partial charge in [0.1, 0.15) is 18.2 Å². The largest absolute Gasteiger partial charge is 0.487 e. The lowest BCUT2D eigenvalue weighted by Crippen LogP contribution is -1.96. The number of hydrogen-bond donors (Lipinski definition) is 0. The Balaban J connectivity index is 2.04. The molecule has 0 saturated heterocycles. The predicted octanol–water partition coefficient (Wildman–Crippen LogP) is 3.93. The molecule has 1 aromatic heterocycles. The molecule has 1 aromatic carbocycles. The standard InChI is InChI=1S/C11H9BrFNOS/c1-7-14-10(6-16-7)5-15-11-3-8(12)2-9(13)4-11/h2-4,6H,5H2,1H3. The Morgan fingerprint density at radius 3 is 2.88 bits per heavy atom. The van der Waals surface area contributed by atoms with Crippen molar-refractivity contribution in [1.29, 1.82) is 0 Å². The van der Waals surface area contributed by atoms with Crippen LogP contribution in [0.3, 0.4) is 0 Å². The van der Waals surface area contributed by atoms with Crippen LogP contribution < -0.4 is 4.74 Å². The topological polar surface area (TPSA) is 22.1 Å². The fraction of sp³-hybridized carbons (Fsp3) is 0.182. The van der Waals surface area contributed by atoms with Crippen LogP contribution in [0.15, 0.2) is 28.1 Å². The Morgan fingerprint density at radius 1 is 1.44 bits per heavy atom. The van der Waals surface area contributed by atoms with Crippen LogP contribution in [0.25, 0.3) is 0 Å². The fourth-order valence-corrected chi connectivity index (χ4v) is 2.29. The molecule has 0 aliphatic rings. The molecule has 1 heterocycles. The molecule has 0 unspecified atom stereocenters. The number of aryl methyl sites for hydroxylation is 1. The van der Waals surface area contributed by atoms with Crippen LogP contribution in [0.2, 0.25) is 0 Å². The predicted molar refractivity (Wildman–Crippen MR) is 65.3 cm³/mol. The van der Waals surface area contributed by atoms with Gasteiger partial charge < -0.3 is 4.74 Å². The maximum atomic E-state index is 13.0. The highest BCUT2D eigenvalue weighted by Gasteiger charge is 2.02. The second-order valence-electron chi connectivity index (χ2n) is 3.25. The third-order valence-electron chi connectivity index (χ3n) is 1.89. The van der Waals surface area contributed by atoms with Crippen molar-refractivity contribution in [2.75, 3.05) is 0 Å². The van der Waals surface area contributed by atoms with Crippen LogP contribution in [-0.2, 0) is 6.61 Å². The van der Waals surface area contributed by atoms with E-state index in [-0.39, 0.29) is 5.82 Å². The Labute approximate surface area is 105 Å². The number of nitrogens with zero attached hydrogens (tertiary/aromatic N) is 1. The number of thiazole rings is 1. The number of hydrogen-bond acceptors (Lipinski definition) is 3. The maximum Gasteiger partial charge on any atom is 0.131 e. The minimum atomic E-state index is -0.321. The van der Waals surface area contributed by atoms with Crippen LogP contribution in [0.1, 0.15) is 10.7 Å². The zero-order chi connectivity index (χ0) is 11.5. The first kappa shape index (κ1) is 11.5. The van der Waals surface area contributed by atoms with Crippen molar-refractivity contribution < 1.29 is 9.13 Å². The monoisotopic (exact) mass is 301 g/mol. The molecule has 5 heteroatoms. The Morgan fingerprint density at radius 2 is 2.25 bits per heavy atom. The highest BCUT2D eigenvalue weighted by Crippen LogP contribution is 2.21. The van der Waals surface area contributed by atoms with Crippen LogP contribution in [0.5, 0.6) is 5.75 Å². The maximum absolute atomic E-state index is 13.0. The number of ether oxygens (including phenoxy) is 1. The summed E-state index contributed by atoms with van der Waals surface area (Å²) < 4.78 is 19.1. The van der Waals surface area contributed by atoms with Crippen LogP contribution in [0.4, 0.5) is 4.39 Å². The molecule has 84 valence electrons. The Bertz CT molecular complexity index is 480. The molecule has 0 atom stereocenters. The average Bonchev–Trinajstić information content (AvgIpc) is 2.60. The minimum Gasteiger partial charge on any atom is -0.487 e. The molecule has 2 rings (SSSR count). The lowest BCUT2D eigenvalue weighted by molar-refractivity contribution is 0.300. The average molecular weight is 302 g/mol. The van der Waals surface area contributed by atoms with E-state index in [4.69, 9.17) is 4.74 Å². The normalized spacial score (nSPS) is 10.4. The first-order valence-electron chi connectivity index (χ1n) is 4.63. The summed E-state index contributed by atoms with van der Waals surface area (Å²) in [6, 6.07) is 4.46. The Kier molecular flexibility index (Phi) is 3.56. The van der Waals surface area contributed by atoms with Gasteiger partial charge in [-0.15, -0.1) is 11.3 Å². The van der Waals surface area contributed by atoms with Gasteiger partial charge in [0.05, 0.1) is 10.7 Å². The van der Waals surface area contributed by atoms with E-state index in [1.165, 1.54) is 12.1 Å². The molecular weight excluding hydrogens is 293 g/mol. The molecule has 2 nitrogen and oxygen atoms in total. The van der Waals surface area contributed by atoms with E-state index in [9.17, 15) is 4.39 Å². The molecule has 0 saturated carbocycles. The van der Waals surface area contributed by atoms with Crippen molar-refractivity contribution in [2.24, 2.45) is 0 Å². The second kappa shape index (κ2) is 4.93. The number of benzene rings is 1. The van der Waals surface area contributed by atoms with Crippen molar-refractivity contribution in [3.8, 4) is 5.75 Å². The summed E-state index contributed by atoms with van der Waals surface area (Å²) in [5, 5.41) is 2.93. The number of halogens is 2. The fourth-order valence-electron chi connectivity index (χ4n) is 1.24. The summed E-state index contributed by atoms with van der Waals surface area (Å²) in [6.45, 7) is 2.30. The summed E-state index contributed by atoms with van der Waals surface area (Å²) >= 11 is 4.78. The van der Waals surface area contributed by atoms with E-state index in [2.05, 4.69) is 20.9 Å². The van der Waals surface area contributed by atoms with Gasteiger partial charge in [0.25, 0.3) is 0 Å². The lowest BCUT2D eigenvalue weighted by atomic mass is 10.3. The van der Waals surface area contributed by atoms with Gasteiger partial charge in [-0.3, -0.25) is 0 Å². The quantitative estimate of drug-likeness (QED) is 0.857. The summed E-state index contributed by atoms with van der Waals surface area (Å²) in [4.78, 5) is 4.26. The molecule has 0 aliphatic carbocycles. The van der Waals surface area contributed by atoms with Gasteiger partial charge in [0.15, 0.2) is 0 Å². The zero-order valence-electron chi connectivity index (χ0n) is 8.54. The first-order chi connectivity index (χ1) is 7.63. The van der Waals surface area contributed by atoms with Crippen molar-refractivity contribution in [3.63, 3.8) is 0 Å². The van der Waals surface area contributed by atoms with Gasteiger partial charge in [-0.05, 0) is 19.1 Å².